The molecule has 180 valence electrons. The van der Waals surface area contributed by atoms with Gasteiger partial charge in [0.1, 0.15) is 17.4 Å². The second kappa shape index (κ2) is 10.7. The molecule has 7 heteroatoms. The van der Waals surface area contributed by atoms with E-state index in [2.05, 4.69) is 5.32 Å². The lowest BCUT2D eigenvalue weighted by Gasteiger charge is -2.18. The predicted molar refractivity (Wildman–Crippen MR) is 138 cm³/mol. The molecular weight excluding hydrogens is 440 g/mol. The fourth-order valence-corrected chi connectivity index (χ4v) is 4.04. The fourth-order valence-electron chi connectivity index (χ4n) is 4.04. The number of carbonyl (C=O) groups excluding carboxylic acids is 2. The summed E-state index contributed by atoms with van der Waals surface area (Å²) < 4.78 is 7.28. The van der Waals surface area contributed by atoms with Gasteiger partial charge in [0.05, 0.1) is 13.7 Å². The number of nitrogens with zero attached hydrogens (tertiary/aromatic N) is 3. The number of likely N-dealkylation sites (N-methyl/N-ethyl adjacent to an activating group) is 1. The number of rotatable bonds is 7. The van der Waals surface area contributed by atoms with Crippen molar-refractivity contribution in [3.8, 4) is 17.5 Å². The zero-order valence-electron chi connectivity index (χ0n) is 21.0. The molecule has 0 fully saturated rings. The lowest BCUT2D eigenvalue weighted by molar-refractivity contribution is -0.129. The van der Waals surface area contributed by atoms with Crippen LogP contribution in [-0.4, -0.2) is 42.0 Å². The van der Waals surface area contributed by atoms with Crippen LogP contribution in [0.1, 0.15) is 28.1 Å². The third-order valence-electron chi connectivity index (χ3n) is 5.92. The summed E-state index contributed by atoms with van der Waals surface area (Å²) in [4.78, 5) is 26.8. The van der Waals surface area contributed by atoms with Crippen LogP contribution in [0.2, 0.25) is 0 Å². The van der Waals surface area contributed by atoms with Crippen molar-refractivity contribution in [1.82, 2.24) is 9.47 Å². The van der Waals surface area contributed by atoms with Crippen LogP contribution in [0.25, 0.3) is 11.8 Å². The Morgan fingerprint density at radius 3 is 2.29 bits per heavy atom. The Labute approximate surface area is 206 Å². The molecule has 1 heterocycles. The van der Waals surface area contributed by atoms with Gasteiger partial charge in [0, 0.05) is 29.8 Å². The van der Waals surface area contributed by atoms with Crippen molar-refractivity contribution in [3.05, 3.63) is 82.2 Å². The molecule has 1 aromatic heterocycles. The van der Waals surface area contributed by atoms with Crippen LogP contribution in [-0.2, 0) is 9.59 Å². The largest absolute Gasteiger partial charge is 0.497 e. The third-order valence-corrected chi connectivity index (χ3v) is 5.92. The number of ether oxygens (including phenoxy) is 1. The minimum Gasteiger partial charge on any atom is -0.497 e. The highest BCUT2D eigenvalue weighted by Gasteiger charge is 2.19. The van der Waals surface area contributed by atoms with Crippen LogP contribution >= 0.6 is 0 Å². The molecule has 0 aliphatic heterocycles. The maximum absolute atomic E-state index is 13.0. The molecule has 0 atom stereocenters. The highest BCUT2D eigenvalue weighted by Crippen LogP contribution is 2.25. The SMILES string of the molecule is COc1ccc(-n2c(C)cc(/C=C(\C#N)C(=O)N(C)CC(=O)Nc3c(C)cccc3C)c2C)cc1. The average molecular weight is 471 g/mol. The summed E-state index contributed by atoms with van der Waals surface area (Å²) in [5, 5.41) is 12.6. The zero-order valence-corrected chi connectivity index (χ0v) is 21.0. The minimum atomic E-state index is -0.515. The molecule has 3 aromatic rings. The van der Waals surface area contributed by atoms with E-state index in [1.165, 1.54) is 11.9 Å². The standard InChI is InChI=1S/C28H30N4O3/c1-18-8-7-9-19(2)27(18)30-26(33)17-31(5)28(34)23(16-29)15-22-14-20(3)32(21(22)4)24-10-12-25(35-6)13-11-24/h7-15H,17H2,1-6H3,(H,30,33)/b23-15+. The second-order valence-electron chi connectivity index (χ2n) is 8.51. The van der Waals surface area contributed by atoms with Gasteiger partial charge in [-0.15, -0.1) is 0 Å². The van der Waals surface area contributed by atoms with Crippen LogP contribution in [0, 0.1) is 39.0 Å². The molecule has 0 spiro atoms. The number of anilines is 1. The number of methoxy groups -OCH3 is 1. The Morgan fingerprint density at radius 2 is 1.71 bits per heavy atom. The number of amides is 2. The molecule has 35 heavy (non-hydrogen) atoms. The topological polar surface area (TPSA) is 87.4 Å². The van der Waals surface area contributed by atoms with Crippen molar-refractivity contribution in [3.63, 3.8) is 0 Å². The van der Waals surface area contributed by atoms with Crippen molar-refractivity contribution in [2.24, 2.45) is 0 Å². The van der Waals surface area contributed by atoms with Crippen molar-refractivity contribution in [1.29, 1.82) is 5.26 Å². The van der Waals surface area contributed by atoms with Crippen LogP contribution in [0.3, 0.4) is 0 Å². The molecule has 3 rings (SSSR count). The van der Waals surface area contributed by atoms with Gasteiger partial charge < -0.3 is 19.5 Å². The Hall–Kier alpha value is -4.31. The number of carbonyl (C=O) groups is 2. The van der Waals surface area contributed by atoms with Gasteiger partial charge in [-0.3, -0.25) is 9.59 Å². The summed E-state index contributed by atoms with van der Waals surface area (Å²) in [7, 11) is 3.13. The first-order valence-electron chi connectivity index (χ1n) is 11.2. The molecule has 0 aliphatic carbocycles. The van der Waals surface area contributed by atoms with E-state index >= 15 is 0 Å². The number of aryl methyl sites for hydroxylation is 3. The van der Waals surface area contributed by atoms with E-state index < -0.39 is 5.91 Å². The van der Waals surface area contributed by atoms with Gasteiger partial charge in [0.2, 0.25) is 5.91 Å². The van der Waals surface area contributed by atoms with Gasteiger partial charge in [-0.05, 0) is 80.8 Å². The van der Waals surface area contributed by atoms with Gasteiger partial charge in [0.25, 0.3) is 5.91 Å². The van der Waals surface area contributed by atoms with E-state index in [-0.39, 0.29) is 18.0 Å². The Balaban J connectivity index is 1.79. The summed E-state index contributed by atoms with van der Waals surface area (Å²) in [5.74, 6) is -0.0787. The maximum Gasteiger partial charge on any atom is 0.264 e. The molecule has 0 radical (unpaired) electrons. The number of aromatic nitrogens is 1. The Morgan fingerprint density at radius 1 is 1.09 bits per heavy atom. The summed E-state index contributed by atoms with van der Waals surface area (Å²) in [6, 6.07) is 17.3. The molecule has 0 aliphatic rings. The highest BCUT2D eigenvalue weighted by atomic mass is 16.5. The zero-order chi connectivity index (χ0) is 25.7. The van der Waals surface area contributed by atoms with Gasteiger partial charge in [-0.1, -0.05) is 18.2 Å². The third kappa shape index (κ3) is 5.61. The predicted octanol–water partition coefficient (Wildman–Crippen LogP) is 4.72. The van der Waals surface area contributed by atoms with E-state index in [9.17, 15) is 14.9 Å². The quantitative estimate of drug-likeness (QED) is 0.400. The first-order chi connectivity index (χ1) is 16.7. The van der Waals surface area contributed by atoms with Crippen molar-refractivity contribution < 1.29 is 14.3 Å². The normalized spacial score (nSPS) is 11.1. The molecule has 0 unspecified atom stereocenters. The number of hydrogen-bond acceptors (Lipinski definition) is 4. The van der Waals surface area contributed by atoms with E-state index in [0.29, 0.717) is 0 Å². The number of hydrogen-bond donors (Lipinski definition) is 1. The van der Waals surface area contributed by atoms with Gasteiger partial charge in [-0.25, -0.2) is 0 Å². The van der Waals surface area contributed by atoms with E-state index in [4.69, 9.17) is 4.74 Å². The van der Waals surface area contributed by atoms with Crippen molar-refractivity contribution in [2.75, 3.05) is 26.0 Å². The molecular formula is C28H30N4O3. The first kappa shape index (κ1) is 25.3. The number of benzene rings is 2. The average Bonchev–Trinajstić information content (AvgIpc) is 3.12. The molecule has 0 saturated carbocycles. The van der Waals surface area contributed by atoms with E-state index in [0.717, 1.165) is 45.2 Å². The van der Waals surface area contributed by atoms with Crippen LogP contribution in [0.4, 0.5) is 5.69 Å². The van der Waals surface area contributed by atoms with Gasteiger partial charge in [-0.2, -0.15) is 5.26 Å². The number of para-hydroxylation sites is 1. The lowest BCUT2D eigenvalue weighted by Crippen LogP contribution is -2.35. The van der Waals surface area contributed by atoms with Gasteiger partial charge >= 0.3 is 0 Å². The van der Waals surface area contributed by atoms with Gasteiger partial charge in [0.15, 0.2) is 0 Å². The maximum atomic E-state index is 13.0. The fraction of sp³-hybridized carbons (Fsp3) is 0.250. The number of nitriles is 1. The van der Waals surface area contributed by atoms with E-state index in [1.54, 1.807) is 13.2 Å². The Kier molecular flexibility index (Phi) is 7.77. The van der Waals surface area contributed by atoms with Crippen LogP contribution in [0.15, 0.2) is 54.1 Å². The van der Waals surface area contributed by atoms with Crippen molar-refractivity contribution in [2.45, 2.75) is 27.7 Å². The van der Waals surface area contributed by atoms with Crippen LogP contribution < -0.4 is 10.1 Å². The highest BCUT2D eigenvalue weighted by molar-refractivity contribution is 6.04. The molecule has 7 nitrogen and oxygen atoms in total. The molecule has 2 aromatic carbocycles. The molecule has 0 bridgehead atoms. The van der Waals surface area contributed by atoms with Crippen LogP contribution in [0.5, 0.6) is 5.75 Å². The summed E-state index contributed by atoms with van der Waals surface area (Å²) in [6.45, 7) is 7.56. The molecule has 0 saturated heterocycles. The monoisotopic (exact) mass is 470 g/mol. The van der Waals surface area contributed by atoms with Crippen molar-refractivity contribution >= 4 is 23.6 Å². The first-order valence-corrected chi connectivity index (χ1v) is 11.2. The minimum absolute atomic E-state index is 0.0395. The molecule has 2 amide bonds. The summed E-state index contributed by atoms with van der Waals surface area (Å²) in [6.07, 6.45) is 1.57. The van der Waals surface area contributed by atoms with E-state index in [1.807, 2.05) is 86.9 Å². The summed E-state index contributed by atoms with van der Waals surface area (Å²) >= 11 is 0. The second-order valence-corrected chi connectivity index (χ2v) is 8.51. The molecule has 1 N–H and O–H groups in total. The smallest absolute Gasteiger partial charge is 0.264 e. The summed E-state index contributed by atoms with van der Waals surface area (Å²) in [5.41, 5.74) is 6.15. The Bertz CT molecular complexity index is 1310. The lowest BCUT2D eigenvalue weighted by atomic mass is 10.1. The number of nitrogens with one attached hydrogen (secondary N) is 1.